The minimum Gasteiger partial charge on any atom is -0.497 e. The van der Waals surface area contributed by atoms with Crippen molar-refractivity contribution in [2.24, 2.45) is 0 Å². The highest BCUT2D eigenvalue weighted by Gasteiger charge is 2.23. The average molecular weight is 248 g/mol. The van der Waals surface area contributed by atoms with Gasteiger partial charge >= 0.3 is 6.03 Å². The molecular formula is C12H12N2O4. The largest absolute Gasteiger partial charge is 0.497 e. The normalized spacial score (nSPS) is 16.4. The molecule has 0 aliphatic carbocycles. The van der Waals surface area contributed by atoms with Gasteiger partial charge in [-0.3, -0.25) is 10.1 Å². The molecule has 1 aromatic rings. The molecule has 6 heteroatoms. The topological polar surface area (TPSA) is 76.7 Å². The average Bonchev–Trinajstić information content (AvgIpc) is 2.67. The predicted molar refractivity (Wildman–Crippen MR) is 64.2 cm³/mol. The quantitative estimate of drug-likeness (QED) is 0.615. The van der Waals surface area contributed by atoms with Crippen molar-refractivity contribution in [3.63, 3.8) is 0 Å². The summed E-state index contributed by atoms with van der Waals surface area (Å²) in [4.78, 5) is 22.4. The highest BCUT2D eigenvalue weighted by atomic mass is 16.5. The molecule has 6 nitrogen and oxygen atoms in total. The van der Waals surface area contributed by atoms with Crippen molar-refractivity contribution in [2.45, 2.75) is 0 Å². The van der Waals surface area contributed by atoms with Crippen molar-refractivity contribution in [1.29, 1.82) is 0 Å². The molecule has 1 aromatic carbocycles. The summed E-state index contributed by atoms with van der Waals surface area (Å²) in [6.45, 7) is 0. The van der Waals surface area contributed by atoms with Gasteiger partial charge in [0.05, 0.1) is 14.2 Å². The first kappa shape index (κ1) is 12.0. The van der Waals surface area contributed by atoms with E-state index in [0.717, 1.165) is 0 Å². The summed E-state index contributed by atoms with van der Waals surface area (Å²) in [6.07, 6.45) is 1.53. The number of imide groups is 1. The number of hydrogen-bond donors (Lipinski definition) is 2. The van der Waals surface area contributed by atoms with Crippen LogP contribution in [0.25, 0.3) is 6.08 Å². The molecule has 1 fully saturated rings. The molecule has 94 valence electrons. The van der Waals surface area contributed by atoms with Crippen molar-refractivity contribution >= 4 is 18.0 Å². The zero-order valence-electron chi connectivity index (χ0n) is 9.94. The van der Waals surface area contributed by atoms with Crippen LogP contribution in [-0.4, -0.2) is 26.2 Å². The molecule has 0 bridgehead atoms. The van der Waals surface area contributed by atoms with Gasteiger partial charge in [0.2, 0.25) is 0 Å². The third kappa shape index (κ3) is 2.27. The number of rotatable bonds is 3. The first-order valence-corrected chi connectivity index (χ1v) is 5.20. The van der Waals surface area contributed by atoms with E-state index < -0.39 is 11.9 Å². The van der Waals surface area contributed by atoms with Crippen LogP contribution in [0.2, 0.25) is 0 Å². The fraction of sp³-hybridized carbons (Fsp3) is 0.167. The third-order valence-electron chi connectivity index (χ3n) is 2.46. The maximum atomic E-state index is 11.4. The number of carbonyl (C=O) groups is 2. The van der Waals surface area contributed by atoms with Crippen molar-refractivity contribution in [3.8, 4) is 11.5 Å². The maximum Gasteiger partial charge on any atom is 0.326 e. The lowest BCUT2D eigenvalue weighted by molar-refractivity contribution is -0.115. The lowest BCUT2D eigenvalue weighted by Crippen LogP contribution is -2.22. The number of ether oxygens (including phenoxy) is 2. The Hall–Kier alpha value is -2.50. The molecule has 0 radical (unpaired) electrons. The Morgan fingerprint density at radius 2 is 1.89 bits per heavy atom. The molecule has 1 heterocycles. The Morgan fingerprint density at radius 1 is 1.11 bits per heavy atom. The van der Waals surface area contributed by atoms with Gasteiger partial charge in [0.25, 0.3) is 5.91 Å². The Balaban J connectivity index is 2.40. The minimum absolute atomic E-state index is 0.173. The van der Waals surface area contributed by atoms with E-state index in [1.807, 2.05) is 0 Å². The molecular weight excluding hydrogens is 236 g/mol. The first-order valence-electron chi connectivity index (χ1n) is 5.20. The molecule has 2 rings (SSSR count). The fourth-order valence-corrected chi connectivity index (χ4v) is 1.59. The molecule has 0 saturated carbocycles. The summed E-state index contributed by atoms with van der Waals surface area (Å²) in [5.74, 6) is 0.745. The smallest absolute Gasteiger partial charge is 0.326 e. The molecule has 3 amide bonds. The fourth-order valence-electron chi connectivity index (χ4n) is 1.59. The van der Waals surface area contributed by atoms with Crippen molar-refractivity contribution in [3.05, 3.63) is 29.5 Å². The molecule has 1 saturated heterocycles. The second kappa shape index (κ2) is 4.79. The molecule has 18 heavy (non-hydrogen) atoms. The van der Waals surface area contributed by atoms with E-state index in [1.165, 1.54) is 13.2 Å². The second-order valence-electron chi connectivity index (χ2n) is 3.57. The van der Waals surface area contributed by atoms with Crippen molar-refractivity contribution in [2.75, 3.05) is 14.2 Å². The minimum atomic E-state index is -0.534. The zero-order valence-corrected chi connectivity index (χ0v) is 9.94. The molecule has 2 N–H and O–H groups in total. The van der Waals surface area contributed by atoms with Gasteiger partial charge < -0.3 is 14.8 Å². The van der Waals surface area contributed by atoms with Gasteiger partial charge in [-0.25, -0.2) is 4.79 Å². The molecule has 0 unspecified atom stereocenters. The van der Waals surface area contributed by atoms with Gasteiger partial charge in [0.1, 0.15) is 17.2 Å². The number of nitrogens with one attached hydrogen (secondary N) is 2. The standard InChI is InChI=1S/C12H12N2O4/c1-17-8-3-4-10(18-2)7(5-8)6-9-11(15)14-12(16)13-9/h3-6H,1-2H3,(H2,13,14,15,16)/b9-6-. The SMILES string of the molecule is COc1ccc(OC)c(/C=C2\NC(=O)NC2=O)c1. The van der Waals surface area contributed by atoms with Crippen LogP contribution >= 0.6 is 0 Å². The van der Waals surface area contributed by atoms with Crippen LogP contribution in [0.1, 0.15) is 5.56 Å². The molecule has 0 atom stereocenters. The van der Waals surface area contributed by atoms with E-state index in [-0.39, 0.29) is 5.70 Å². The molecule has 0 aromatic heterocycles. The number of carbonyl (C=O) groups excluding carboxylic acids is 2. The van der Waals surface area contributed by atoms with Crippen LogP contribution < -0.4 is 20.1 Å². The third-order valence-corrected chi connectivity index (χ3v) is 2.46. The Kier molecular flexibility index (Phi) is 3.18. The number of amides is 3. The summed E-state index contributed by atoms with van der Waals surface area (Å²) in [5, 5.41) is 4.53. The maximum absolute atomic E-state index is 11.4. The highest BCUT2D eigenvalue weighted by Crippen LogP contribution is 2.26. The summed E-state index contributed by atoms with van der Waals surface area (Å²) in [7, 11) is 3.07. The van der Waals surface area contributed by atoms with Crippen molar-refractivity contribution in [1.82, 2.24) is 10.6 Å². The Bertz CT molecular complexity index is 537. The zero-order chi connectivity index (χ0) is 13.1. The Labute approximate surface area is 104 Å². The summed E-state index contributed by atoms with van der Waals surface area (Å²) in [6, 6.07) is 4.64. The molecule has 1 aliphatic heterocycles. The summed E-state index contributed by atoms with van der Waals surface area (Å²) < 4.78 is 10.3. The van der Waals surface area contributed by atoms with E-state index in [9.17, 15) is 9.59 Å². The lowest BCUT2D eigenvalue weighted by Gasteiger charge is -2.07. The number of hydrogen-bond acceptors (Lipinski definition) is 4. The summed E-state index contributed by atoms with van der Waals surface area (Å²) >= 11 is 0. The molecule has 0 spiro atoms. The van der Waals surface area contributed by atoms with Crippen LogP contribution in [0.4, 0.5) is 4.79 Å². The van der Waals surface area contributed by atoms with Gasteiger partial charge in [-0.15, -0.1) is 0 Å². The van der Waals surface area contributed by atoms with Crippen LogP contribution in [0.15, 0.2) is 23.9 Å². The van der Waals surface area contributed by atoms with Crippen molar-refractivity contribution < 1.29 is 19.1 Å². The van der Waals surface area contributed by atoms with E-state index in [1.54, 1.807) is 25.3 Å². The number of benzene rings is 1. The van der Waals surface area contributed by atoms with E-state index >= 15 is 0 Å². The van der Waals surface area contributed by atoms with E-state index in [0.29, 0.717) is 17.1 Å². The highest BCUT2D eigenvalue weighted by molar-refractivity contribution is 6.14. The van der Waals surface area contributed by atoms with Crippen LogP contribution in [-0.2, 0) is 4.79 Å². The van der Waals surface area contributed by atoms with Gasteiger partial charge in [0.15, 0.2) is 0 Å². The lowest BCUT2D eigenvalue weighted by atomic mass is 10.1. The number of methoxy groups -OCH3 is 2. The van der Waals surface area contributed by atoms with Gasteiger partial charge in [-0.2, -0.15) is 0 Å². The van der Waals surface area contributed by atoms with Gasteiger partial charge in [0, 0.05) is 5.56 Å². The second-order valence-corrected chi connectivity index (χ2v) is 3.57. The van der Waals surface area contributed by atoms with Crippen LogP contribution in [0.5, 0.6) is 11.5 Å². The summed E-state index contributed by atoms with van der Waals surface area (Å²) in [5.41, 5.74) is 0.816. The van der Waals surface area contributed by atoms with Crippen LogP contribution in [0, 0.1) is 0 Å². The van der Waals surface area contributed by atoms with E-state index in [4.69, 9.17) is 9.47 Å². The Morgan fingerprint density at radius 3 is 2.44 bits per heavy atom. The monoisotopic (exact) mass is 248 g/mol. The van der Waals surface area contributed by atoms with Gasteiger partial charge in [-0.1, -0.05) is 0 Å². The van der Waals surface area contributed by atoms with E-state index in [2.05, 4.69) is 10.6 Å². The van der Waals surface area contributed by atoms with Gasteiger partial charge in [-0.05, 0) is 24.3 Å². The first-order chi connectivity index (χ1) is 8.63. The van der Waals surface area contributed by atoms with Crippen LogP contribution in [0.3, 0.4) is 0 Å². The number of urea groups is 1. The predicted octanol–water partition coefficient (Wildman–Crippen LogP) is 0.884. The molecule has 1 aliphatic rings.